The Morgan fingerprint density at radius 2 is 2.12 bits per heavy atom. The van der Waals surface area contributed by atoms with Crippen molar-refractivity contribution in [2.45, 2.75) is 20.3 Å². The van der Waals surface area contributed by atoms with Gasteiger partial charge in [-0.15, -0.1) is 11.3 Å². The Hall–Kier alpha value is 0.610. The van der Waals surface area contributed by atoms with Gasteiger partial charge < -0.3 is 5.32 Å². The number of rotatable bonds is 5. The number of halogens is 3. The summed E-state index contributed by atoms with van der Waals surface area (Å²) in [7, 11) is 0. The molecule has 0 radical (unpaired) electrons. The molecular formula is C11H14Br3NOS. The van der Waals surface area contributed by atoms with Crippen LogP contribution in [0, 0.1) is 5.41 Å². The van der Waals surface area contributed by atoms with Gasteiger partial charge in [0.05, 0.1) is 13.1 Å². The van der Waals surface area contributed by atoms with Crippen molar-refractivity contribution < 1.29 is 4.79 Å². The van der Waals surface area contributed by atoms with E-state index >= 15 is 0 Å². The van der Waals surface area contributed by atoms with Gasteiger partial charge in [0.1, 0.15) is 0 Å². The molecule has 96 valence electrons. The van der Waals surface area contributed by atoms with Crippen LogP contribution in [-0.2, 0) is 0 Å². The van der Waals surface area contributed by atoms with Crippen molar-refractivity contribution in [2.75, 3.05) is 11.9 Å². The number of amides is 1. The van der Waals surface area contributed by atoms with Gasteiger partial charge in [0.15, 0.2) is 0 Å². The Labute approximate surface area is 131 Å². The zero-order valence-electron chi connectivity index (χ0n) is 9.65. The van der Waals surface area contributed by atoms with E-state index in [4.69, 9.17) is 0 Å². The largest absolute Gasteiger partial charge is 0.351 e. The van der Waals surface area contributed by atoms with Crippen LogP contribution in [0.4, 0.5) is 0 Å². The Balaban J connectivity index is 2.59. The van der Waals surface area contributed by atoms with E-state index in [0.29, 0.717) is 12.1 Å². The zero-order valence-corrected chi connectivity index (χ0v) is 15.2. The molecule has 1 aromatic rings. The molecule has 0 unspecified atom stereocenters. The topological polar surface area (TPSA) is 29.1 Å². The number of thiophene rings is 1. The predicted molar refractivity (Wildman–Crippen MR) is 84.2 cm³/mol. The number of carbonyl (C=O) groups is 1. The van der Waals surface area contributed by atoms with Crippen molar-refractivity contribution in [3.05, 3.63) is 19.2 Å². The van der Waals surface area contributed by atoms with Gasteiger partial charge in [0.25, 0.3) is 5.91 Å². The number of hydrogen-bond donors (Lipinski definition) is 1. The lowest BCUT2D eigenvalue weighted by Gasteiger charge is -2.23. The van der Waals surface area contributed by atoms with Crippen LogP contribution >= 0.6 is 59.1 Å². The lowest BCUT2D eigenvalue weighted by Crippen LogP contribution is -2.34. The molecule has 0 saturated heterocycles. The first-order valence-electron chi connectivity index (χ1n) is 5.15. The van der Waals surface area contributed by atoms with E-state index in [2.05, 4.69) is 67.0 Å². The van der Waals surface area contributed by atoms with Crippen molar-refractivity contribution in [1.29, 1.82) is 0 Å². The van der Waals surface area contributed by atoms with Gasteiger partial charge in [0.2, 0.25) is 0 Å². The number of hydrogen-bond acceptors (Lipinski definition) is 2. The highest BCUT2D eigenvalue weighted by Gasteiger charge is 2.20. The van der Waals surface area contributed by atoms with E-state index in [9.17, 15) is 4.79 Å². The maximum atomic E-state index is 12.0. The van der Waals surface area contributed by atoms with Crippen molar-refractivity contribution in [3.63, 3.8) is 0 Å². The summed E-state index contributed by atoms with van der Waals surface area (Å²) in [6.07, 6.45) is 1.03. The maximum absolute atomic E-state index is 12.0. The van der Waals surface area contributed by atoms with Gasteiger partial charge in [-0.25, -0.2) is 0 Å². The Bertz CT molecular complexity index is 403. The molecule has 0 aliphatic rings. The molecule has 2 nitrogen and oxygen atoms in total. The summed E-state index contributed by atoms with van der Waals surface area (Å²) >= 11 is 11.7. The summed E-state index contributed by atoms with van der Waals surface area (Å²) in [4.78, 5) is 12.0. The fourth-order valence-corrected chi connectivity index (χ4v) is 5.12. The summed E-state index contributed by atoms with van der Waals surface area (Å²) in [6, 6.07) is 1.83. The molecule has 0 atom stereocenters. The van der Waals surface area contributed by atoms with Gasteiger partial charge in [-0.2, -0.15) is 0 Å². The Morgan fingerprint density at radius 3 is 2.59 bits per heavy atom. The lowest BCUT2D eigenvalue weighted by molar-refractivity contribution is 0.0935. The smallest absolute Gasteiger partial charge is 0.253 e. The lowest BCUT2D eigenvalue weighted by atomic mass is 9.90. The minimum Gasteiger partial charge on any atom is -0.351 e. The van der Waals surface area contributed by atoms with Gasteiger partial charge in [-0.3, -0.25) is 4.79 Å². The van der Waals surface area contributed by atoms with Crippen LogP contribution in [0.2, 0.25) is 0 Å². The summed E-state index contributed by atoms with van der Waals surface area (Å²) in [6.45, 7) is 4.97. The highest BCUT2D eigenvalue weighted by Crippen LogP contribution is 2.31. The van der Waals surface area contributed by atoms with Gasteiger partial charge >= 0.3 is 0 Å². The first-order valence-corrected chi connectivity index (χ1v) is 8.67. The van der Waals surface area contributed by atoms with E-state index in [1.165, 1.54) is 11.3 Å². The molecule has 0 aliphatic heterocycles. The minimum atomic E-state index is -0.0264. The second-order valence-corrected chi connectivity index (χ2v) is 9.07. The minimum absolute atomic E-state index is 0.0264. The van der Waals surface area contributed by atoms with Crippen LogP contribution < -0.4 is 5.32 Å². The fraction of sp³-hybridized carbons (Fsp3) is 0.545. The maximum Gasteiger partial charge on any atom is 0.253 e. The van der Waals surface area contributed by atoms with Crippen LogP contribution in [0.3, 0.4) is 0 Å². The highest BCUT2D eigenvalue weighted by molar-refractivity contribution is 9.12. The van der Waals surface area contributed by atoms with E-state index in [0.717, 1.165) is 19.3 Å². The van der Waals surface area contributed by atoms with E-state index in [1.54, 1.807) is 0 Å². The van der Waals surface area contributed by atoms with Gasteiger partial charge in [0, 0.05) is 11.9 Å². The van der Waals surface area contributed by atoms with Gasteiger partial charge in [-0.1, -0.05) is 29.8 Å². The Kier molecular flexibility index (Phi) is 6.16. The van der Waals surface area contributed by atoms with Crippen LogP contribution in [0.5, 0.6) is 0 Å². The molecule has 0 aromatic carbocycles. The number of nitrogens with one attached hydrogen (secondary N) is 1. The normalized spacial score (nSPS) is 11.6. The predicted octanol–water partition coefficient (Wildman–Crippen LogP) is 4.81. The summed E-state index contributed by atoms with van der Waals surface area (Å²) in [5.74, 6) is -0.0264. The van der Waals surface area contributed by atoms with Crippen molar-refractivity contribution in [2.24, 2.45) is 5.41 Å². The van der Waals surface area contributed by atoms with Crippen LogP contribution in [-0.4, -0.2) is 17.8 Å². The average molecular weight is 448 g/mol. The van der Waals surface area contributed by atoms with Crippen molar-refractivity contribution in [3.8, 4) is 0 Å². The molecule has 0 aliphatic carbocycles. The molecule has 1 amide bonds. The van der Waals surface area contributed by atoms with Gasteiger partial charge in [-0.05, 0) is 49.8 Å². The van der Waals surface area contributed by atoms with E-state index in [-0.39, 0.29) is 11.3 Å². The van der Waals surface area contributed by atoms with E-state index in [1.807, 2.05) is 6.07 Å². The first-order chi connectivity index (χ1) is 7.85. The SMILES string of the molecule is CC(C)(CCBr)CNC(=O)c1cc(Br)sc1Br. The number of alkyl halides is 1. The second kappa shape index (κ2) is 6.68. The molecule has 1 aromatic heterocycles. The van der Waals surface area contributed by atoms with Crippen molar-refractivity contribution >= 4 is 65.0 Å². The quantitative estimate of drug-likeness (QED) is 0.644. The Morgan fingerprint density at radius 1 is 1.47 bits per heavy atom. The molecular weight excluding hydrogens is 434 g/mol. The standard InChI is InChI=1S/C11H14Br3NOS/c1-11(2,3-4-12)6-15-10(16)7-5-8(13)17-9(7)14/h5H,3-4,6H2,1-2H3,(H,15,16). The zero-order chi connectivity index (χ0) is 13.1. The summed E-state index contributed by atoms with van der Waals surface area (Å²) in [5, 5.41) is 3.92. The highest BCUT2D eigenvalue weighted by atomic mass is 79.9. The molecule has 1 heterocycles. The van der Waals surface area contributed by atoms with E-state index < -0.39 is 0 Å². The van der Waals surface area contributed by atoms with Crippen LogP contribution in [0.25, 0.3) is 0 Å². The molecule has 0 spiro atoms. The fourth-order valence-electron chi connectivity index (χ4n) is 1.25. The number of carbonyl (C=O) groups excluding carboxylic acids is 1. The third-order valence-electron chi connectivity index (χ3n) is 2.40. The molecule has 0 bridgehead atoms. The molecule has 17 heavy (non-hydrogen) atoms. The van der Waals surface area contributed by atoms with Crippen LogP contribution in [0.15, 0.2) is 13.6 Å². The molecule has 6 heteroatoms. The summed E-state index contributed by atoms with van der Waals surface area (Å²) in [5.41, 5.74) is 0.801. The van der Waals surface area contributed by atoms with Crippen molar-refractivity contribution in [1.82, 2.24) is 5.32 Å². The third kappa shape index (κ3) is 5.01. The molecule has 1 rings (SSSR count). The van der Waals surface area contributed by atoms with Crippen LogP contribution in [0.1, 0.15) is 30.6 Å². The first kappa shape index (κ1) is 15.7. The molecule has 0 fully saturated rings. The summed E-state index contributed by atoms with van der Waals surface area (Å²) < 4.78 is 1.81. The third-order valence-corrected chi connectivity index (χ3v) is 5.14. The molecule has 0 saturated carbocycles. The second-order valence-electron chi connectivity index (χ2n) is 4.52. The average Bonchev–Trinajstić information content (AvgIpc) is 2.54. The monoisotopic (exact) mass is 445 g/mol. The molecule has 1 N–H and O–H groups in total.